The van der Waals surface area contributed by atoms with E-state index in [9.17, 15) is 18.0 Å². The Morgan fingerprint density at radius 1 is 1.35 bits per heavy atom. The number of hydrogen-bond acceptors (Lipinski definition) is 3. The van der Waals surface area contributed by atoms with Crippen molar-refractivity contribution in [1.82, 2.24) is 14.7 Å². The molecule has 0 radical (unpaired) electrons. The highest BCUT2D eigenvalue weighted by molar-refractivity contribution is 7.17. The predicted octanol–water partition coefficient (Wildman–Crippen LogP) is 4.00. The number of carbonyl (C=O) groups excluding carboxylic acids is 1. The first-order valence-corrected chi connectivity index (χ1v) is 7.86. The molecule has 0 aromatic carbocycles. The number of aromatic nitrogens is 2. The first kappa shape index (κ1) is 17.5. The van der Waals surface area contributed by atoms with Gasteiger partial charge in [0.2, 0.25) is 0 Å². The SMILES string of the molecule is CC(C)c1cc(-c2ccc(C(=O)N(C)C)s2)n(CC(F)(F)F)n1. The summed E-state index contributed by atoms with van der Waals surface area (Å²) >= 11 is 1.17. The van der Waals surface area contributed by atoms with Crippen LogP contribution in [0.2, 0.25) is 0 Å². The molecule has 0 saturated heterocycles. The van der Waals surface area contributed by atoms with Gasteiger partial charge >= 0.3 is 6.18 Å². The molecule has 0 N–H and O–H groups in total. The summed E-state index contributed by atoms with van der Waals surface area (Å²) in [6, 6.07) is 4.95. The molecule has 0 unspecified atom stereocenters. The minimum Gasteiger partial charge on any atom is -0.344 e. The molecule has 1 amide bonds. The standard InChI is InChI=1S/C15H18F3N3OS/c1-9(2)10-7-11(21(19-10)8-15(16,17)18)12-5-6-13(23-12)14(22)20(3)4/h5-7,9H,8H2,1-4H3. The number of rotatable bonds is 4. The fourth-order valence-corrected chi connectivity index (χ4v) is 3.07. The lowest BCUT2D eigenvalue weighted by molar-refractivity contribution is -0.142. The Hall–Kier alpha value is -1.83. The van der Waals surface area contributed by atoms with Crippen molar-refractivity contribution in [1.29, 1.82) is 0 Å². The Morgan fingerprint density at radius 2 is 2.00 bits per heavy atom. The third-order valence-electron chi connectivity index (χ3n) is 3.19. The van der Waals surface area contributed by atoms with Crippen molar-refractivity contribution in [3.8, 4) is 10.6 Å². The highest BCUT2D eigenvalue weighted by Gasteiger charge is 2.30. The van der Waals surface area contributed by atoms with E-state index in [0.29, 0.717) is 21.1 Å². The van der Waals surface area contributed by atoms with Gasteiger partial charge in [0.05, 0.1) is 21.1 Å². The highest BCUT2D eigenvalue weighted by atomic mass is 32.1. The topological polar surface area (TPSA) is 38.1 Å². The second kappa shape index (κ2) is 6.35. The maximum atomic E-state index is 12.8. The molecule has 0 spiro atoms. The number of nitrogens with zero attached hydrogens (tertiary/aromatic N) is 3. The molecule has 2 aromatic heterocycles. The van der Waals surface area contributed by atoms with Gasteiger partial charge in [0.1, 0.15) is 6.54 Å². The third-order valence-corrected chi connectivity index (χ3v) is 4.29. The van der Waals surface area contributed by atoms with Crippen LogP contribution in [-0.4, -0.2) is 40.9 Å². The van der Waals surface area contributed by atoms with E-state index >= 15 is 0 Å². The molecule has 23 heavy (non-hydrogen) atoms. The third kappa shape index (κ3) is 4.13. The van der Waals surface area contributed by atoms with Crippen LogP contribution < -0.4 is 0 Å². The molecule has 2 rings (SSSR count). The van der Waals surface area contributed by atoms with E-state index in [1.165, 1.54) is 16.2 Å². The van der Waals surface area contributed by atoms with Crippen LogP contribution in [0.15, 0.2) is 18.2 Å². The number of halogens is 3. The van der Waals surface area contributed by atoms with Crippen LogP contribution >= 0.6 is 11.3 Å². The predicted molar refractivity (Wildman–Crippen MR) is 83.7 cm³/mol. The number of thiophene rings is 1. The van der Waals surface area contributed by atoms with Crippen molar-refractivity contribution < 1.29 is 18.0 Å². The Kier molecular flexibility index (Phi) is 4.84. The molecule has 0 aliphatic rings. The van der Waals surface area contributed by atoms with Gasteiger partial charge < -0.3 is 4.90 Å². The van der Waals surface area contributed by atoms with E-state index < -0.39 is 12.7 Å². The van der Waals surface area contributed by atoms with Crippen LogP contribution in [0.1, 0.15) is 35.1 Å². The minimum absolute atomic E-state index is 0.0195. The van der Waals surface area contributed by atoms with Crippen LogP contribution in [0.4, 0.5) is 13.2 Å². The van der Waals surface area contributed by atoms with Crippen molar-refractivity contribution >= 4 is 17.2 Å². The van der Waals surface area contributed by atoms with Crippen LogP contribution in [-0.2, 0) is 6.54 Å². The summed E-state index contributed by atoms with van der Waals surface area (Å²) in [6.07, 6.45) is -4.35. The summed E-state index contributed by atoms with van der Waals surface area (Å²) in [4.78, 5) is 14.5. The summed E-state index contributed by atoms with van der Waals surface area (Å²) in [7, 11) is 3.26. The van der Waals surface area contributed by atoms with E-state index in [-0.39, 0.29) is 11.8 Å². The zero-order valence-corrected chi connectivity index (χ0v) is 14.1. The van der Waals surface area contributed by atoms with Crippen molar-refractivity contribution in [2.24, 2.45) is 0 Å². The van der Waals surface area contributed by atoms with E-state index in [4.69, 9.17) is 0 Å². The summed E-state index contributed by atoms with van der Waals surface area (Å²) < 4.78 is 39.3. The molecule has 0 aliphatic carbocycles. The van der Waals surface area contributed by atoms with Crippen LogP contribution in [0.3, 0.4) is 0 Å². The van der Waals surface area contributed by atoms with Gasteiger partial charge in [0.15, 0.2) is 0 Å². The molecule has 0 bridgehead atoms. The Bertz CT molecular complexity index is 701. The Labute approximate surface area is 136 Å². The lowest BCUT2D eigenvalue weighted by atomic mass is 10.1. The average Bonchev–Trinajstić information content (AvgIpc) is 3.02. The van der Waals surface area contributed by atoms with Crippen molar-refractivity contribution in [3.63, 3.8) is 0 Å². The molecular weight excluding hydrogens is 327 g/mol. The molecule has 0 aliphatic heterocycles. The zero-order valence-electron chi connectivity index (χ0n) is 13.3. The Balaban J connectivity index is 2.43. The summed E-state index contributed by atoms with van der Waals surface area (Å²) in [5.74, 6) is -0.154. The molecule has 0 fully saturated rings. The molecule has 0 saturated carbocycles. The molecule has 126 valence electrons. The van der Waals surface area contributed by atoms with Crippen molar-refractivity contribution in [3.05, 3.63) is 28.8 Å². The Morgan fingerprint density at radius 3 is 2.52 bits per heavy atom. The molecule has 8 heteroatoms. The summed E-state index contributed by atoms with van der Waals surface area (Å²) in [6.45, 7) is 2.60. The van der Waals surface area contributed by atoms with E-state index in [0.717, 1.165) is 4.68 Å². The monoisotopic (exact) mass is 345 g/mol. The largest absolute Gasteiger partial charge is 0.408 e. The van der Waals surface area contributed by atoms with Gasteiger partial charge in [-0.05, 0) is 24.1 Å². The van der Waals surface area contributed by atoms with E-state index in [1.807, 2.05) is 13.8 Å². The van der Waals surface area contributed by atoms with Crippen LogP contribution in [0.25, 0.3) is 10.6 Å². The molecule has 4 nitrogen and oxygen atoms in total. The fraction of sp³-hybridized carbons (Fsp3) is 0.467. The summed E-state index contributed by atoms with van der Waals surface area (Å²) in [5.41, 5.74) is 0.979. The second-order valence-electron chi connectivity index (χ2n) is 5.75. The van der Waals surface area contributed by atoms with Gasteiger partial charge in [-0.15, -0.1) is 11.3 Å². The van der Waals surface area contributed by atoms with Gasteiger partial charge in [0, 0.05) is 14.1 Å². The maximum absolute atomic E-state index is 12.8. The quantitative estimate of drug-likeness (QED) is 0.840. The normalized spacial score (nSPS) is 12.0. The van der Waals surface area contributed by atoms with Gasteiger partial charge in [-0.3, -0.25) is 9.48 Å². The number of carbonyl (C=O) groups is 1. The fourth-order valence-electron chi connectivity index (χ4n) is 2.02. The summed E-state index contributed by atoms with van der Waals surface area (Å²) in [5, 5.41) is 4.07. The highest BCUT2D eigenvalue weighted by Crippen LogP contribution is 2.32. The van der Waals surface area contributed by atoms with Crippen molar-refractivity contribution in [2.75, 3.05) is 14.1 Å². The van der Waals surface area contributed by atoms with Gasteiger partial charge in [-0.2, -0.15) is 18.3 Å². The average molecular weight is 345 g/mol. The second-order valence-corrected chi connectivity index (χ2v) is 6.83. The van der Waals surface area contributed by atoms with Gasteiger partial charge in [-0.1, -0.05) is 13.8 Å². The van der Waals surface area contributed by atoms with E-state index in [1.54, 1.807) is 32.3 Å². The van der Waals surface area contributed by atoms with Crippen LogP contribution in [0.5, 0.6) is 0 Å². The molecule has 2 heterocycles. The first-order valence-electron chi connectivity index (χ1n) is 7.05. The number of amides is 1. The van der Waals surface area contributed by atoms with Crippen LogP contribution in [0, 0.1) is 0 Å². The number of alkyl halides is 3. The lowest BCUT2D eigenvalue weighted by Gasteiger charge is -2.09. The smallest absolute Gasteiger partial charge is 0.344 e. The lowest BCUT2D eigenvalue weighted by Crippen LogP contribution is -2.20. The first-order chi connectivity index (χ1) is 10.6. The van der Waals surface area contributed by atoms with E-state index in [2.05, 4.69) is 5.10 Å². The number of hydrogen-bond donors (Lipinski definition) is 0. The van der Waals surface area contributed by atoms with Crippen molar-refractivity contribution in [2.45, 2.75) is 32.5 Å². The molecular formula is C15H18F3N3OS. The maximum Gasteiger partial charge on any atom is 0.408 e. The van der Waals surface area contributed by atoms with Gasteiger partial charge in [0.25, 0.3) is 5.91 Å². The minimum atomic E-state index is -4.35. The van der Waals surface area contributed by atoms with Gasteiger partial charge in [-0.25, -0.2) is 0 Å². The molecule has 2 aromatic rings. The zero-order chi connectivity index (χ0) is 17.4. The molecule has 0 atom stereocenters.